The van der Waals surface area contributed by atoms with Gasteiger partial charge in [0.05, 0.1) is 11.4 Å². The van der Waals surface area contributed by atoms with Crippen LogP contribution in [0.2, 0.25) is 0 Å². The van der Waals surface area contributed by atoms with Crippen LogP contribution in [0.4, 0.5) is 0 Å². The predicted octanol–water partition coefficient (Wildman–Crippen LogP) is 4.09. The quantitative estimate of drug-likeness (QED) is 0.706. The molecule has 4 aliphatic carbocycles. The fourth-order valence-corrected chi connectivity index (χ4v) is 7.51. The fraction of sp³-hybridized carbons (Fsp3) is 0.652. The maximum atomic E-state index is 12.8. The van der Waals surface area contributed by atoms with Crippen molar-refractivity contribution in [3.05, 3.63) is 29.3 Å². The summed E-state index contributed by atoms with van der Waals surface area (Å²) in [7, 11) is 0. The zero-order valence-electron chi connectivity index (χ0n) is 18.1. The number of hydrogen-bond donors (Lipinski definition) is 1. The van der Waals surface area contributed by atoms with E-state index in [1.165, 1.54) is 50.3 Å². The second kappa shape index (κ2) is 7.66. The summed E-state index contributed by atoms with van der Waals surface area (Å²) in [5, 5.41) is 16.2. The molecule has 4 fully saturated rings. The standard InChI is InChI=1S/C23H31N5OS/c1-14-5-4-6-15(2)21(14)28-22(25-26-27-28)30-13-20(29)24-16(3)23-10-17-7-18(11-23)9-19(8-17)12-23/h4-6,16-19H,7-13H2,1-3H3,(H,24,29)/t16-,17?,18?,19?,23?/m1/s1. The van der Waals surface area contributed by atoms with E-state index in [1.54, 1.807) is 4.68 Å². The summed E-state index contributed by atoms with van der Waals surface area (Å²) in [6.45, 7) is 6.34. The van der Waals surface area contributed by atoms with Crippen LogP contribution in [0.25, 0.3) is 5.69 Å². The van der Waals surface area contributed by atoms with E-state index >= 15 is 0 Å². The van der Waals surface area contributed by atoms with Gasteiger partial charge in [0, 0.05) is 6.04 Å². The second-order valence-corrected chi connectivity index (χ2v) is 10.9. The van der Waals surface area contributed by atoms with Gasteiger partial charge in [-0.15, -0.1) is 5.10 Å². The number of thioether (sulfide) groups is 1. The largest absolute Gasteiger partial charge is 0.352 e. The average Bonchev–Trinajstić information content (AvgIpc) is 3.13. The molecule has 0 saturated heterocycles. The minimum absolute atomic E-state index is 0.0827. The number of benzene rings is 1. The molecule has 6 rings (SSSR count). The van der Waals surface area contributed by atoms with Crippen LogP contribution in [0.3, 0.4) is 0 Å². The monoisotopic (exact) mass is 425 g/mol. The molecule has 7 heteroatoms. The molecule has 4 saturated carbocycles. The number of aromatic nitrogens is 4. The van der Waals surface area contributed by atoms with Crippen molar-refractivity contribution in [2.24, 2.45) is 23.2 Å². The summed E-state index contributed by atoms with van der Waals surface area (Å²) >= 11 is 1.41. The Hall–Kier alpha value is -1.89. The third-order valence-electron chi connectivity index (χ3n) is 7.81. The zero-order valence-corrected chi connectivity index (χ0v) is 18.9. The van der Waals surface area contributed by atoms with Gasteiger partial charge in [-0.3, -0.25) is 4.79 Å². The molecule has 6 nitrogen and oxygen atoms in total. The van der Waals surface area contributed by atoms with Crippen molar-refractivity contribution in [1.82, 2.24) is 25.5 Å². The van der Waals surface area contributed by atoms with Crippen molar-refractivity contribution >= 4 is 17.7 Å². The Labute approximate surface area is 182 Å². The average molecular weight is 426 g/mol. The third-order valence-corrected chi connectivity index (χ3v) is 8.73. The van der Waals surface area contributed by atoms with Gasteiger partial charge in [-0.1, -0.05) is 30.0 Å². The van der Waals surface area contributed by atoms with Crippen LogP contribution in [-0.4, -0.2) is 37.9 Å². The SMILES string of the molecule is Cc1cccc(C)c1-n1nnnc1SCC(=O)N[C@H](C)C12CC3CC(CC(C3)C1)C2. The smallest absolute Gasteiger partial charge is 0.230 e. The van der Waals surface area contributed by atoms with Gasteiger partial charge in [0.1, 0.15) is 0 Å². The molecule has 30 heavy (non-hydrogen) atoms. The molecule has 4 aliphatic rings. The van der Waals surface area contributed by atoms with E-state index in [0.29, 0.717) is 16.3 Å². The Kier molecular flexibility index (Phi) is 5.12. The highest BCUT2D eigenvalue weighted by atomic mass is 32.2. The third kappa shape index (κ3) is 3.55. The molecule has 1 N–H and O–H groups in total. The normalized spacial score (nSPS) is 30.4. The van der Waals surface area contributed by atoms with E-state index in [2.05, 4.69) is 53.7 Å². The maximum Gasteiger partial charge on any atom is 0.230 e. The molecule has 1 amide bonds. The van der Waals surface area contributed by atoms with Gasteiger partial charge in [-0.05, 0) is 104 Å². The van der Waals surface area contributed by atoms with E-state index in [9.17, 15) is 4.79 Å². The lowest BCUT2D eigenvalue weighted by Crippen LogP contribution is -2.56. The van der Waals surface area contributed by atoms with Crippen LogP contribution in [0, 0.1) is 37.0 Å². The Morgan fingerprint density at radius 2 is 1.77 bits per heavy atom. The summed E-state index contributed by atoms with van der Waals surface area (Å²) in [5.74, 6) is 3.10. The minimum atomic E-state index is 0.0827. The van der Waals surface area contributed by atoms with Gasteiger partial charge in [-0.25, -0.2) is 0 Å². The van der Waals surface area contributed by atoms with Crippen molar-refractivity contribution < 1.29 is 4.79 Å². The summed E-state index contributed by atoms with van der Waals surface area (Å²) in [5.41, 5.74) is 3.55. The first-order valence-corrected chi connectivity index (χ1v) is 12.2. The predicted molar refractivity (Wildman–Crippen MR) is 118 cm³/mol. The first-order chi connectivity index (χ1) is 14.4. The molecule has 2 aromatic rings. The zero-order chi connectivity index (χ0) is 20.9. The van der Waals surface area contributed by atoms with Crippen LogP contribution in [-0.2, 0) is 4.79 Å². The molecule has 0 spiro atoms. The molecule has 1 atom stereocenters. The number of carbonyl (C=O) groups excluding carboxylic acids is 1. The number of tetrazole rings is 1. The highest BCUT2D eigenvalue weighted by Crippen LogP contribution is 2.61. The van der Waals surface area contributed by atoms with Crippen LogP contribution < -0.4 is 5.32 Å². The molecule has 0 aliphatic heterocycles. The minimum Gasteiger partial charge on any atom is -0.352 e. The summed E-state index contributed by atoms with van der Waals surface area (Å²) < 4.78 is 1.76. The molecule has 4 bridgehead atoms. The Bertz CT molecular complexity index is 899. The number of carbonyl (C=O) groups is 1. The Morgan fingerprint density at radius 1 is 1.17 bits per heavy atom. The van der Waals surface area contributed by atoms with Gasteiger partial charge in [0.2, 0.25) is 11.1 Å². The molecular formula is C23H31N5OS. The molecule has 1 heterocycles. The van der Waals surface area contributed by atoms with E-state index in [0.717, 1.165) is 34.6 Å². The Balaban J connectivity index is 1.23. The van der Waals surface area contributed by atoms with Crippen molar-refractivity contribution in [2.75, 3.05) is 5.75 Å². The molecule has 160 valence electrons. The Morgan fingerprint density at radius 3 is 2.37 bits per heavy atom. The van der Waals surface area contributed by atoms with Gasteiger partial charge in [0.15, 0.2) is 0 Å². The number of aryl methyl sites for hydroxylation is 2. The van der Waals surface area contributed by atoms with E-state index < -0.39 is 0 Å². The lowest BCUT2D eigenvalue weighted by atomic mass is 9.48. The van der Waals surface area contributed by atoms with E-state index in [1.807, 2.05) is 6.07 Å². The highest BCUT2D eigenvalue weighted by molar-refractivity contribution is 7.99. The van der Waals surface area contributed by atoms with Crippen molar-refractivity contribution in [3.63, 3.8) is 0 Å². The molecule has 1 aromatic carbocycles. The number of nitrogens with one attached hydrogen (secondary N) is 1. The lowest BCUT2D eigenvalue weighted by molar-refractivity contribution is -0.123. The van der Waals surface area contributed by atoms with E-state index in [4.69, 9.17) is 0 Å². The second-order valence-electron chi connectivity index (χ2n) is 9.97. The van der Waals surface area contributed by atoms with Gasteiger partial charge < -0.3 is 5.32 Å². The number of hydrogen-bond acceptors (Lipinski definition) is 5. The van der Waals surface area contributed by atoms with Gasteiger partial charge >= 0.3 is 0 Å². The van der Waals surface area contributed by atoms with Crippen LogP contribution >= 0.6 is 11.8 Å². The van der Waals surface area contributed by atoms with Crippen LogP contribution in [0.15, 0.2) is 23.4 Å². The van der Waals surface area contributed by atoms with Crippen molar-refractivity contribution in [1.29, 1.82) is 0 Å². The summed E-state index contributed by atoms with van der Waals surface area (Å²) in [4.78, 5) is 12.8. The summed E-state index contributed by atoms with van der Waals surface area (Å²) in [6, 6.07) is 6.38. The van der Waals surface area contributed by atoms with Crippen molar-refractivity contribution in [2.45, 2.75) is 70.5 Å². The maximum absolute atomic E-state index is 12.8. The van der Waals surface area contributed by atoms with Gasteiger partial charge in [0.25, 0.3) is 0 Å². The fourth-order valence-electron chi connectivity index (χ4n) is 6.82. The number of rotatable bonds is 6. The molecule has 1 aromatic heterocycles. The lowest BCUT2D eigenvalue weighted by Gasteiger charge is -2.59. The highest BCUT2D eigenvalue weighted by Gasteiger charge is 2.53. The van der Waals surface area contributed by atoms with Gasteiger partial charge in [-0.2, -0.15) is 4.68 Å². The first-order valence-electron chi connectivity index (χ1n) is 11.2. The molecular weight excluding hydrogens is 394 g/mol. The van der Waals surface area contributed by atoms with Crippen LogP contribution in [0.1, 0.15) is 56.6 Å². The topological polar surface area (TPSA) is 72.7 Å². The number of nitrogens with zero attached hydrogens (tertiary/aromatic N) is 4. The molecule has 0 unspecified atom stereocenters. The van der Waals surface area contributed by atoms with Crippen LogP contribution in [0.5, 0.6) is 0 Å². The number of para-hydroxylation sites is 1. The summed E-state index contributed by atoms with van der Waals surface area (Å²) in [6.07, 6.45) is 8.19. The first kappa shape index (κ1) is 20.0. The number of amides is 1. The van der Waals surface area contributed by atoms with Crippen molar-refractivity contribution in [3.8, 4) is 5.69 Å². The van der Waals surface area contributed by atoms with E-state index in [-0.39, 0.29) is 11.9 Å². The molecule has 0 radical (unpaired) electrons.